The Bertz CT molecular complexity index is 1500. The number of nitrogens with zero attached hydrogens (tertiary/aromatic N) is 4. The van der Waals surface area contributed by atoms with E-state index in [-0.39, 0.29) is 16.8 Å². The summed E-state index contributed by atoms with van der Waals surface area (Å²) in [6, 6.07) is 19.6. The van der Waals surface area contributed by atoms with E-state index in [9.17, 15) is 15.3 Å². The molecule has 0 spiro atoms. The Morgan fingerprint density at radius 1 is 1.12 bits per heavy atom. The van der Waals surface area contributed by atoms with Gasteiger partial charge >= 0.3 is 0 Å². The number of anilines is 1. The highest BCUT2D eigenvalue weighted by Crippen LogP contribution is 2.47. The molecule has 0 atom stereocenters. The molecule has 1 aromatic heterocycles. The smallest absolute Gasteiger partial charge is 0.165 e. The van der Waals surface area contributed by atoms with Gasteiger partial charge in [0.15, 0.2) is 11.4 Å². The van der Waals surface area contributed by atoms with Gasteiger partial charge in [-0.1, -0.05) is 51.1 Å². The maximum Gasteiger partial charge on any atom is 0.165 e. The summed E-state index contributed by atoms with van der Waals surface area (Å²) in [6.45, 7) is 6.19. The first-order chi connectivity index (χ1) is 16.3. The summed E-state index contributed by atoms with van der Waals surface area (Å²) >= 11 is 1.33. The van der Waals surface area contributed by atoms with Crippen LogP contribution in [-0.2, 0) is 5.41 Å². The van der Waals surface area contributed by atoms with Crippen molar-refractivity contribution >= 4 is 34.5 Å². The van der Waals surface area contributed by atoms with Gasteiger partial charge in [-0.3, -0.25) is 4.79 Å². The number of carbonyl (C=O) groups is 1. The van der Waals surface area contributed by atoms with Crippen LogP contribution in [0.4, 0.5) is 5.69 Å². The quantitative estimate of drug-likeness (QED) is 0.523. The average molecular weight is 465 g/mol. The molecule has 2 heterocycles. The van der Waals surface area contributed by atoms with Crippen LogP contribution in [0.1, 0.15) is 43.1 Å². The minimum absolute atomic E-state index is 0.00771. The van der Waals surface area contributed by atoms with Gasteiger partial charge in [0.2, 0.25) is 0 Å². The summed E-state index contributed by atoms with van der Waals surface area (Å²) in [5, 5.41) is 18.7. The molecule has 0 unspecified atom stereocenters. The summed E-state index contributed by atoms with van der Waals surface area (Å²) in [7, 11) is 2.03. The van der Waals surface area contributed by atoms with Crippen LogP contribution >= 0.6 is 11.3 Å². The first-order valence-corrected chi connectivity index (χ1v) is 11.8. The molecule has 0 saturated carbocycles. The molecule has 0 amide bonds. The van der Waals surface area contributed by atoms with Gasteiger partial charge in [0.1, 0.15) is 16.8 Å². The van der Waals surface area contributed by atoms with Crippen molar-refractivity contribution in [2.24, 2.45) is 0 Å². The maximum absolute atomic E-state index is 12.3. The number of nitriles is 2. The van der Waals surface area contributed by atoms with Crippen molar-refractivity contribution < 1.29 is 4.79 Å². The van der Waals surface area contributed by atoms with Crippen LogP contribution in [-0.4, -0.2) is 17.8 Å². The Labute approximate surface area is 203 Å². The fraction of sp³-hybridized carbons (Fsp3) is 0.214. The number of allylic oxidation sites excluding steroid dienone is 2. The molecule has 3 aromatic rings. The van der Waals surface area contributed by atoms with Crippen molar-refractivity contribution in [1.82, 2.24) is 4.98 Å². The number of thiazole rings is 1. The third-order valence-electron chi connectivity index (χ3n) is 6.21. The van der Waals surface area contributed by atoms with E-state index in [1.54, 1.807) is 0 Å². The Hall–Kier alpha value is -4.00. The molecular weight excluding hydrogens is 440 g/mol. The normalized spacial score (nSPS) is 15.6. The molecule has 0 aliphatic carbocycles. The first-order valence-electron chi connectivity index (χ1n) is 11.0. The van der Waals surface area contributed by atoms with Gasteiger partial charge in [-0.2, -0.15) is 10.5 Å². The van der Waals surface area contributed by atoms with Gasteiger partial charge in [-0.15, -0.1) is 11.3 Å². The lowest BCUT2D eigenvalue weighted by Crippen LogP contribution is -2.22. The van der Waals surface area contributed by atoms with Gasteiger partial charge < -0.3 is 4.90 Å². The van der Waals surface area contributed by atoms with Crippen LogP contribution in [0.25, 0.3) is 22.9 Å². The van der Waals surface area contributed by atoms with Gasteiger partial charge in [0.05, 0.1) is 10.2 Å². The van der Waals surface area contributed by atoms with Crippen LogP contribution in [0.15, 0.2) is 60.3 Å². The number of likely N-dealkylation sites (N-methyl/N-ethyl adjacent to an activating group) is 1. The molecule has 168 valence electrons. The predicted molar refractivity (Wildman–Crippen MR) is 136 cm³/mol. The molecular formula is C28H24N4OS. The van der Waals surface area contributed by atoms with E-state index in [1.807, 2.05) is 80.7 Å². The monoisotopic (exact) mass is 464 g/mol. The standard InChI is InChI=1S/C28H24N4OS/c1-5-23(33)19-11-12-22-21(15-19)28(2,3)25(32(22)4)14-13-24-26(18-9-7-6-8-10-18)31-27(34-24)20(16-29)17-30/h6-15H,5H2,1-4H3/b24-13+,25-14-. The zero-order valence-electron chi connectivity index (χ0n) is 19.6. The molecule has 4 rings (SSSR count). The summed E-state index contributed by atoms with van der Waals surface area (Å²) in [5.74, 6) is 0.136. The van der Waals surface area contributed by atoms with Crippen molar-refractivity contribution in [2.75, 3.05) is 11.9 Å². The zero-order chi connectivity index (χ0) is 24.5. The maximum atomic E-state index is 12.3. The number of ketones is 1. The number of rotatable bonds is 4. The molecule has 0 radical (unpaired) electrons. The highest BCUT2D eigenvalue weighted by Gasteiger charge is 2.38. The Balaban J connectivity index is 1.89. The lowest BCUT2D eigenvalue weighted by Gasteiger charge is -2.23. The second-order valence-electron chi connectivity index (χ2n) is 8.61. The number of benzene rings is 2. The van der Waals surface area contributed by atoms with Gasteiger partial charge in [-0.25, -0.2) is 4.98 Å². The third-order valence-corrected chi connectivity index (χ3v) is 7.24. The highest BCUT2D eigenvalue weighted by atomic mass is 32.1. The molecule has 0 N–H and O–H groups in total. The van der Waals surface area contributed by atoms with E-state index in [0.29, 0.717) is 11.1 Å². The number of aromatic nitrogens is 1. The fourth-order valence-corrected chi connectivity index (χ4v) is 5.28. The van der Waals surface area contributed by atoms with Crippen LogP contribution < -0.4 is 14.1 Å². The van der Waals surface area contributed by atoms with E-state index in [1.165, 1.54) is 11.3 Å². The van der Waals surface area contributed by atoms with E-state index in [0.717, 1.165) is 38.3 Å². The Morgan fingerprint density at radius 2 is 1.82 bits per heavy atom. The fourth-order valence-electron chi connectivity index (χ4n) is 4.34. The summed E-state index contributed by atoms with van der Waals surface area (Å²) in [5.41, 5.74) is 5.39. The van der Waals surface area contributed by atoms with E-state index in [4.69, 9.17) is 0 Å². The van der Waals surface area contributed by atoms with Crippen molar-refractivity contribution in [2.45, 2.75) is 32.6 Å². The third kappa shape index (κ3) is 3.94. The molecule has 34 heavy (non-hydrogen) atoms. The average Bonchev–Trinajstić information content (AvgIpc) is 3.35. The SMILES string of the molecule is CCC(=O)c1ccc2c(c1)C(C)(C)/C(=C/C=c1/sc(=C(C#N)C#N)nc1-c1ccccc1)N2C. The van der Waals surface area contributed by atoms with Crippen molar-refractivity contribution in [3.63, 3.8) is 0 Å². The summed E-state index contributed by atoms with van der Waals surface area (Å²) in [4.78, 5) is 19.1. The second kappa shape index (κ2) is 9.09. The molecule has 0 bridgehead atoms. The molecule has 1 aliphatic heterocycles. The largest absolute Gasteiger partial charge is 0.347 e. The molecule has 5 nitrogen and oxygen atoms in total. The van der Waals surface area contributed by atoms with Crippen LogP contribution in [0.3, 0.4) is 0 Å². The number of carbonyl (C=O) groups excluding carboxylic acids is 1. The van der Waals surface area contributed by atoms with Gasteiger partial charge in [0, 0.05) is 41.4 Å². The lowest BCUT2D eigenvalue weighted by molar-refractivity contribution is 0.0988. The molecule has 1 aliphatic rings. The Morgan fingerprint density at radius 3 is 2.47 bits per heavy atom. The van der Waals surface area contributed by atoms with E-state index >= 15 is 0 Å². The van der Waals surface area contributed by atoms with Crippen molar-refractivity contribution in [3.8, 4) is 23.4 Å². The van der Waals surface area contributed by atoms with E-state index in [2.05, 4.69) is 29.8 Å². The summed E-state index contributed by atoms with van der Waals surface area (Å²) in [6.07, 6.45) is 4.56. The topological polar surface area (TPSA) is 80.8 Å². The van der Waals surface area contributed by atoms with Crippen LogP contribution in [0, 0.1) is 22.7 Å². The minimum atomic E-state index is -0.304. The van der Waals surface area contributed by atoms with E-state index < -0.39 is 0 Å². The molecule has 0 fully saturated rings. The number of hydrogen-bond donors (Lipinski definition) is 0. The number of Topliss-reactive ketones (excluding diaryl/α,β-unsaturated/α-hetero) is 1. The second-order valence-corrected chi connectivity index (χ2v) is 9.64. The lowest BCUT2D eigenvalue weighted by atomic mass is 9.82. The van der Waals surface area contributed by atoms with Crippen LogP contribution in [0.2, 0.25) is 0 Å². The van der Waals surface area contributed by atoms with Crippen LogP contribution in [0.5, 0.6) is 0 Å². The zero-order valence-corrected chi connectivity index (χ0v) is 20.4. The summed E-state index contributed by atoms with van der Waals surface area (Å²) < 4.78 is 1.29. The van der Waals surface area contributed by atoms with Crippen molar-refractivity contribution in [3.05, 3.63) is 80.6 Å². The highest BCUT2D eigenvalue weighted by molar-refractivity contribution is 7.08. The molecule has 2 aromatic carbocycles. The van der Waals surface area contributed by atoms with Gasteiger partial charge in [0.25, 0.3) is 0 Å². The molecule has 0 saturated heterocycles. The van der Waals surface area contributed by atoms with Crippen molar-refractivity contribution in [1.29, 1.82) is 10.5 Å². The van der Waals surface area contributed by atoms with Gasteiger partial charge in [-0.05, 0) is 35.9 Å². The number of fused-ring (bicyclic) bond motifs is 1. The molecule has 6 heteroatoms. The Kier molecular flexibility index (Phi) is 6.20. The number of hydrogen-bond acceptors (Lipinski definition) is 6. The predicted octanol–water partition coefficient (Wildman–Crippen LogP) is 4.69. The first kappa shape index (κ1) is 23.2. The minimum Gasteiger partial charge on any atom is -0.347 e.